The molecule has 1 heterocycles. The predicted octanol–water partition coefficient (Wildman–Crippen LogP) is 4.05. The van der Waals surface area contributed by atoms with Gasteiger partial charge in [0.1, 0.15) is 0 Å². The van der Waals surface area contributed by atoms with Crippen molar-refractivity contribution in [3.63, 3.8) is 0 Å². The van der Waals surface area contributed by atoms with E-state index in [2.05, 4.69) is 0 Å². The zero-order valence-electron chi connectivity index (χ0n) is 19.8. The van der Waals surface area contributed by atoms with E-state index in [1.54, 1.807) is 97.9 Å². The summed E-state index contributed by atoms with van der Waals surface area (Å²) < 4.78 is 28.6. The molecular formula is C28H26O8. The van der Waals surface area contributed by atoms with Crippen LogP contribution in [0.4, 0.5) is 0 Å². The highest BCUT2D eigenvalue weighted by atomic mass is 16.7. The molecule has 1 saturated heterocycles. The van der Waals surface area contributed by atoms with Crippen molar-refractivity contribution in [2.75, 3.05) is 7.11 Å². The van der Waals surface area contributed by atoms with Gasteiger partial charge in [-0.2, -0.15) is 0 Å². The average Bonchev–Trinajstić information content (AvgIpc) is 2.93. The number of benzene rings is 3. The van der Waals surface area contributed by atoms with Gasteiger partial charge in [0.05, 0.1) is 22.8 Å². The Morgan fingerprint density at radius 1 is 0.583 bits per heavy atom. The van der Waals surface area contributed by atoms with Crippen molar-refractivity contribution < 1.29 is 38.1 Å². The summed E-state index contributed by atoms with van der Waals surface area (Å²) >= 11 is 0. The molecule has 0 spiro atoms. The van der Waals surface area contributed by atoms with E-state index in [9.17, 15) is 14.4 Å². The quantitative estimate of drug-likeness (QED) is 0.361. The summed E-state index contributed by atoms with van der Waals surface area (Å²) in [5, 5.41) is 0. The van der Waals surface area contributed by atoms with Gasteiger partial charge in [-0.1, -0.05) is 54.6 Å². The molecule has 4 rings (SSSR count). The van der Waals surface area contributed by atoms with E-state index in [1.165, 1.54) is 7.11 Å². The Morgan fingerprint density at radius 3 is 1.33 bits per heavy atom. The van der Waals surface area contributed by atoms with Gasteiger partial charge in [-0.3, -0.25) is 0 Å². The number of carbonyl (C=O) groups is 3. The monoisotopic (exact) mass is 490 g/mol. The van der Waals surface area contributed by atoms with Crippen molar-refractivity contribution in [2.24, 2.45) is 0 Å². The Kier molecular flexibility index (Phi) is 8.10. The summed E-state index contributed by atoms with van der Waals surface area (Å²) in [4.78, 5) is 38.9. The summed E-state index contributed by atoms with van der Waals surface area (Å²) in [6, 6.07) is 25.1. The van der Waals surface area contributed by atoms with Gasteiger partial charge in [-0.15, -0.1) is 0 Å². The first-order valence-electron chi connectivity index (χ1n) is 11.4. The van der Waals surface area contributed by atoms with Gasteiger partial charge < -0.3 is 23.7 Å². The van der Waals surface area contributed by atoms with Crippen LogP contribution in [0, 0.1) is 0 Å². The van der Waals surface area contributed by atoms with Crippen molar-refractivity contribution in [2.45, 2.75) is 37.6 Å². The van der Waals surface area contributed by atoms with Crippen molar-refractivity contribution in [1.82, 2.24) is 0 Å². The molecular weight excluding hydrogens is 464 g/mol. The fraction of sp³-hybridized carbons (Fsp3) is 0.250. The second-order valence-electron chi connectivity index (χ2n) is 8.15. The Balaban J connectivity index is 1.66. The molecule has 3 aromatic carbocycles. The SMILES string of the molecule is CO[C@@H]1O[C@H](C)[C@H](OC(=O)c2ccccc2)[C@H](OC(=O)c2ccccc2)[C@H]1OC(=O)c1ccccc1. The topological polar surface area (TPSA) is 97.4 Å². The maximum absolute atomic E-state index is 13.0. The van der Waals surface area contributed by atoms with Gasteiger partial charge in [0, 0.05) is 7.11 Å². The minimum atomic E-state index is -1.22. The number of hydrogen-bond acceptors (Lipinski definition) is 8. The standard InChI is InChI=1S/C28H26O8/c1-18-22(34-25(29)19-12-6-3-7-13-19)23(35-26(30)20-14-8-4-9-15-20)24(28(32-2)33-18)36-27(31)21-16-10-5-11-17-21/h3-18,22-24,28H,1-2H3/t18-,22+,23+,24-,28-/m1/s1. The molecule has 0 aromatic heterocycles. The van der Waals surface area contributed by atoms with Gasteiger partial charge in [-0.25, -0.2) is 14.4 Å². The van der Waals surface area contributed by atoms with Crippen LogP contribution in [0.2, 0.25) is 0 Å². The molecule has 3 aromatic rings. The summed E-state index contributed by atoms with van der Waals surface area (Å²) in [6.45, 7) is 1.66. The fourth-order valence-electron chi connectivity index (χ4n) is 3.88. The Hall–Kier alpha value is -4.01. The van der Waals surface area contributed by atoms with Crippen molar-refractivity contribution in [1.29, 1.82) is 0 Å². The largest absolute Gasteiger partial charge is 0.452 e. The van der Waals surface area contributed by atoms with E-state index in [1.807, 2.05) is 0 Å². The predicted molar refractivity (Wildman–Crippen MR) is 128 cm³/mol. The van der Waals surface area contributed by atoms with E-state index in [0.29, 0.717) is 5.56 Å². The Morgan fingerprint density at radius 2 is 0.944 bits per heavy atom. The third-order valence-electron chi connectivity index (χ3n) is 5.72. The molecule has 1 aliphatic heterocycles. The molecule has 36 heavy (non-hydrogen) atoms. The molecule has 1 fully saturated rings. The number of carbonyl (C=O) groups excluding carboxylic acids is 3. The first kappa shape index (κ1) is 25.1. The normalized spacial score (nSPS) is 23.3. The molecule has 0 N–H and O–H groups in total. The number of ether oxygens (including phenoxy) is 5. The van der Waals surface area contributed by atoms with Crippen LogP contribution >= 0.6 is 0 Å². The van der Waals surface area contributed by atoms with Crippen LogP contribution in [0.1, 0.15) is 38.0 Å². The summed E-state index contributed by atoms with van der Waals surface area (Å²) in [5.74, 6) is -1.98. The molecule has 0 amide bonds. The van der Waals surface area contributed by atoms with E-state index < -0.39 is 48.6 Å². The van der Waals surface area contributed by atoms with Crippen molar-refractivity contribution in [3.8, 4) is 0 Å². The zero-order valence-corrected chi connectivity index (χ0v) is 19.8. The van der Waals surface area contributed by atoms with Crippen molar-refractivity contribution >= 4 is 17.9 Å². The van der Waals surface area contributed by atoms with Gasteiger partial charge >= 0.3 is 17.9 Å². The first-order valence-corrected chi connectivity index (χ1v) is 11.4. The van der Waals surface area contributed by atoms with Gasteiger partial charge in [0.15, 0.2) is 24.6 Å². The van der Waals surface area contributed by atoms with Crippen LogP contribution in [0.3, 0.4) is 0 Å². The lowest BCUT2D eigenvalue weighted by Gasteiger charge is -2.43. The van der Waals surface area contributed by atoms with Crippen LogP contribution in [0.25, 0.3) is 0 Å². The highest BCUT2D eigenvalue weighted by Crippen LogP contribution is 2.30. The second-order valence-corrected chi connectivity index (χ2v) is 8.15. The van der Waals surface area contributed by atoms with Gasteiger partial charge in [0.2, 0.25) is 0 Å². The molecule has 5 atom stereocenters. The van der Waals surface area contributed by atoms with Crippen LogP contribution in [0.5, 0.6) is 0 Å². The summed E-state index contributed by atoms with van der Waals surface area (Å²) in [7, 11) is 1.38. The molecule has 0 radical (unpaired) electrons. The maximum atomic E-state index is 13.0. The van der Waals surface area contributed by atoms with Gasteiger partial charge in [-0.05, 0) is 43.3 Å². The van der Waals surface area contributed by atoms with Crippen LogP contribution in [-0.2, 0) is 23.7 Å². The molecule has 0 aliphatic carbocycles. The fourth-order valence-corrected chi connectivity index (χ4v) is 3.88. The minimum absolute atomic E-state index is 0.284. The summed E-state index contributed by atoms with van der Waals surface area (Å²) in [5.41, 5.74) is 0.883. The number of esters is 3. The third kappa shape index (κ3) is 5.79. The smallest absolute Gasteiger partial charge is 0.338 e. The van der Waals surface area contributed by atoms with Crippen LogP contribution in [-0.4, -0.2) is 55.7 Å². The van der Waals surface area contributed by atoms with E-state index in [4.69, 9.17) is 23.7 Å². The number of rotatable bonds is 7. The molecule has 8 heteroatoms. The lowest BCUT2D eigenvalue weighted by molar-refractivity contribution is -0.283. The minimum Gasteiger partial charge on any atom is -0.452 e. The highest BCUT2D eigenvalue weighted by molar-refractivity contribution is 5.91. The van der Waals surface area contributed by atoms with Gasteiger partial charge in [0.25, 0.3) is 0 Å². The average molecular weight is 491 g/mol. The Labute approximate surface area is 208 Å². The number of methoxy groups -OCH3 is 1. The maximum Gasteiger partial charge on any atom is 0.338 e. The highest BCUT2D eigenvalue weighted by Gasteiger charge is 2.51. The first-order chi connectivity index (χ1) is 17.5. The molecule has 186 valence electrons. The summed E-state index contributed by atoms with van der Waals surface area (Å²) in [6.07, 6.45) is -5.35. The molecule has 0 saturated carbocycles. The van der Waals surface area contributed by atoms with E-state index >= 15 is 0 Å². The van der Waals surface area contributed by atoms with Crippen molar-refractivity contribution in [3.05, 3.63) is 108 Å². The molecule has 8 nitrogen and oxygen atoms in total. The molecule has 0 bridgehead atoms. The lowest BCUT2D eigenvalue weighted by atomic mass is 9.98. The second kappa shape index (κ2) is 11.6. The lowest BCUT2D eigenvalue weighted by Crippen LogP contribution is -2.61. The van der Waals surface area contributed by atoms with Crippen LogP contribution < -0.4 is 0 Å². The molecule has 0 unspecified atom stereocenters. The van der Waals surface area contributed by atoms with E-state index in [0.717, 1.165) is 0 Å². The number of hydrogen-bond donors (Lipinski definition) is 0. The third-order valence-corrected chi connectivity index (χ3v) is 5.72. The zero-order chi connectivity index (χ0) is 25.5. The molecule has 1 aliphatic rings. The van der Waals surface area contributed by atoms with E-state index in [-0.39, 0.29) is 11.1 Å². The van der Waals surface area contributed by atoms with Crippen LogP contribution in [0.15, 0.2) is 91.0 Å². The Bertz CT molecular complexity index is 1170.